The minimum Gasteiger partial charge on any atom is -0.384 e. The van der Waals surface area contributed by atoms with E-state index in [0.29, 0.717) is 17.8 Å². The Labute approximate surface area is 109 Å². The number of rotatable bonds is 3. The predicted octanol–water partition coefficient (Wildman–Crippen LogP) is 1.01. The maximum atomic E-state index is 5.84. The molecule has 2 heterocycles. The molecule has 0 aliphatic carbocycles. The average molecular weight is 249 g/mol. The molecule has 1 aliphatic heterocycles. The SMILES string of the molecule is CCc1nc(N)cc(N2CC(C)C(N(C)C)C2)n1. The molecule has 2 N–H and O–H groups in total. The lowest BCUT2D eigenvalue weighted by Crippen LogP contribution is -2.34. The second kappa shape index (κ2) is 5.10. The summed E-state index contributed by atoms with van der Waals surface area (Å²) < 4.78 is 0. The van der Waals surface area contributed by atoms with E-state index in [2.05, 4.69) is 40.8 Å². The van der Waals surface area contributed by atoms with Gasteiger partial charge in [-0.2, -0.15) is 0 Å². The number of aryl methyl sites for hydroxylation is 1. The lowest BCUT2D eigenvalue weighted by atomic mass is 10.1. The smallest absolute Gasteiger partial charge is 0.134 e. The molecule has 0 amide bonds. The molecule has 2 unspecified atom stereocenters. The van der Waals surface area contributed by atoms with Crippen molar-refractivity contribution in [3.8, 4) is 0 Å². The van der Waals surface area contributed by atoms with Gasteiger partial charge in [0.2, 0.25) is 0 Å². The number of anilines is 2. The fourth-order valence-corrected chi connectivity index (χ4v) is 2.63. The summed E-state index contributed by atoms with van der Waals surface area (Å²) in [5, 5.41) is 0. The molecule has 5 heteroatoms. The molecule has 5 nitrogen and oxygen atoms in total. The molecule has 0 aromatic carbocycles. The Morgan fingerprint density at radius 1 is 1.39 bits per heavy atom. The summed E-state index contributed by atoms with van der Waals surface area (Å²) in [6.07, 6.45) is 0.818. The molecule has 0 radical (unpaired) electrons. The fraction of sp³-hybridized carbons (Fsp3) is 0.692. The summed E-state index contributed by atoms with van der Waals surface area (Å²) >= 11 is 0. The van der Waals surface area contributed by atoms with E-state index in [-0.39, 0.29) is 0 Å². The zero-order valence-corrected chi connectivity index (χ0v) is 11.7. The number of nitrogens with two attached hydrogens (primary N) is 1. The number of likely N-dealkylation sites (N-methyl/N-ethyl adjacent to an activating group) is 1. The minimum atomic E-state index is 0.567. The number of nitrogens with zero attached hydrogens (tertiary/aromatic N) is 4. The van der Waals surface area contributed by atoms with Gasteiger partial charge in [-0.15, -0.1) is 0 Å². The lowest BCUT2D eigenvalue weighted by molar-refractivity contribution is 0.266. The van der Waals surface area contributed by atoms with Gasteiger partial charge in [-0.3, -0.25) is 0 Å². The molecule has 2 atom stereocenters. The van der Waals surface area contributed by atoms with Crippen LogP contribution in [0.2, 0.25) is 0 Å². The van der Waals surface area contributed by atoms with Gasteiger partial charge in [-0.25, -0.2) is 9.97 Å². The number of hydrogen-bond donors (Lipinski definition) is 1. The summed E-state index contributed by atoms with van der Waals surface area (Å²) in [6.45, 7) is 6.37. The number of nitrogen functional groups attached to an aromatic ring is 1. The predicted molar refractivity (Wildman–Crippen MR) is 74.7 cm³/mol. The molecule has 0 saturated carbocycles. The highest BCUT2D eigenvalue weighted by molar-refractivity contribution is 5.48. The first-order chi connectivity index (χ1) is 8.51. The van der Waals surface area contributed by atoms with Crippen LogP contribution in [0.5, 0.6) is 0 Å². The van der Waals surface area contributed by atoms with Crippen molar-refractivity contribution in [1.29, 1.82) is 0 Å². The van der Waals surface area contributed by atoms with Crippen molar-refractivity contribution in [3.63, 3.8) is 0 Å². The second-order valence-electron chi connectivity index (χ2n) is 5.33. The third-order valence-corrected chi connectivity index (χ3v) is 3.65. The van der Waals surface area contributed by atoms with Crippen LogP contribution in [0.1, 0.15) is 19.7 Å². The van der Waals surface area contributed by atoms with Crippen LogP contribution in [0.25, 0.3) is 0 Å². The van der Waals surface area contributed by atoms with Crippen molar-refractivity contribution >= 4 is 11.6 Å². The zero-order valence-electron chi connectivity index (χ0n) is 11.7. The van der Waals surface area contributed by atoms with Gasteiger partial charge in [0.15, 0.2) is 0 Å². The Kier molecular flexibility index (Phi) is 3.71. The highest BCUT2D eigenvalue weighted by atomic mass is 15.3. The summed E-state index contributed by atoms with van der Waals surface area (Å²) in [7, 11) is 4.27. The van der Waals surface area contributed by atoms with Gasteiger partial charge >= 0.3 is 0 Å². The van der Waals surface area contributed by atoms with Crippen molar-refractivity contribution < 1.29 is 0 Å². The first-order valence-electron chi connectivity index (χ1n) is 6.56. The molecular weight excluding hydrogens is 226 g/mol. The van der Waals surface area contributed by atoms with Crippen LogP contribution in [0.4, 0.5) is 11.6 Å². The van der Waals surface area contributed by atoms with Crippen LogP contribution in [0.3, 0.4) is 0 Å². The standard InChI is InChI=1S/C13H23N5/c1-5-12-15-11(14)6-13(16-12)18-7-9(2)10(8-18)17(3)4/h6,9-10H,5,7-8H2,1-4H3,(H2,14,15,16). The van der Waals surface area contributed by atoms with Crippen molar-refractivity contribution in [2.75, 3.05) is 37.8 Å². The first kappa shape index (κ1) is 13.1. The van der Waals surface area contributed by atoms with E-state index in [4.69, 9.17) is 5.73 Å². The van der Waals surface area contributed by atoms with Crippen molar-refractivity contribution in [2.45, 2.75) is 26.3 Å². The fourth-order valence-electron chi connectivity index (χ4n) is 2.63. The topological polar surface area (TPSA) is 58.3 Å². The van der Waals surface area contributed by atoms with Crippen LogP contribution in [0, 0.1) is 5.92 Å². The Bertz CT molecular complexity index is 418. The van der Waals surface area contributed by atoms with Crippen LogP contribution in [-0.2, 0) is 6.42 Å². The second-order valence-corrected chi connectivity index (χ2v) is 5.33. The van der Waals surface area contributed by atoms with Gasteiger partial charge in [0.05, 0.1) is 0 Å². The first-order valence-corrected chi connectivity index (χ1v) is 6.56. The Morgan fingerprint density at radius 2 is 2.11 bits per heavy atom. The van der Waals surface area contributed by atoms with Gasteiger partial charge in [-0.05, 0) is 20.0 Å². The summed E-state index contributed by atoms with van der Waals surface area (Å²) in [6, 6.07) is 2.45. The lowest BCUT2D eigenvalue weighted by Gasteiger charge is -2.22. The maximum absolute atomic E-state index is 5.84. The van der Waals surface area contributed by atoms with Gasteiger partial charge in [0.1, 0.15) is 17.5 Å². The largest absolute Gasteiger partial charge is 0.384 e. The molecule has 0 bridgehead atoms. The van der Waals surface area contributed by atoms with Gasteiger partial charge < -0.3 is 15.5 Å². The van der Waals surface area contributed by atoms with Gasteiger partial charge in [0.25, 0.3) is 0 Å². The van der Waals surface area contributed by atoms with Gasteiger partial charge in [0, 0.05) is 31.6 Å². The molecule has 2 rings (SSSR count). The average Bonchev–Trinajstić information content (AvgIpc) is 2.70. The van der Waals surface area contributed by atoms with Crippen molar-refractivity contribution in [3.05, 3.63) is 11.9 Å². The number of hydrogen-bond acceptors (Lipinski definition) is 5. The molecule has 100 valence electrons. The highest BCUT2D eigenvalue weighted by Gasteiger charge is 2.31. The Balaban J connectivity index is 2.20. The molecule has 1 saturated heterocycles. The van der Waals surface area contributed by atoms with E-state index in [9.17, 15) is 0 Å². The van der Waals surface area contributed by atoms with E-state index < -0.39 is 0 Å². The third kappa shape index (κ3) is 2.56. The monoisotopic (exact) mass is 249 g/mol. The normalized spacial score (nSPS) is 23.9. The van der Waals surface area contributed by atoms with Crippen LogP contribution >= 0.6 is 0 Å². The molecule has 1 aliphatic rings. The van der Waals surface area contributed by atoms with Gasteiger partial charge in [-0.1, -0.05) is 13.8 Å². The molecule has 0 spiro atoms. The molecule has 1 fully saturated rings. The summed E-state index contributed by atoms with van der Waals surface area (Å²) in [5.41, 5.74) is 5.84. The molecule has 18 heavy (non-hydrogen) atoms. The summed E-state index contributed by atoms with van der Waals surface area (Å²) in [4.78, 5) is 13.4. The number of aromatic nitrogens is 2. The van der Waals surface area contributed by atoms with E-state index in [1.54, 1.807) is 0 Å². The minimum absolute atomic E-state index is 0.567. The highest BCUT2D eigenvalue weighted by Crippen LogP contribution is 2.25. The van der Waals surface area contributed by atoms with Crippen LogP contribution in [-0.4, -0.2) is 48.1 Å². The van der Waals surface area contributed by atoms with Crippen LogP contribution < -0.4 is 10.6 Å². The van der Waals surface area contributed by atoms with Crippen molar-refractivity contribution in [2.24, 2.45) is 5.92 Å². The molecule has 1 aromatic heterocycles. The summed E-state index contributed by atoms with van der Waals surface area (Å²) in [5.74, 6) is 3.00. The van der Waals surface area contributed by atoms with E-state index >= 15 is 0 Å². The quantitative estimate of drug-likeness (QED) is 0.866. The van der Waals surface area contributed by atoms with Crippen LogP contribution in [0.15, 0.2) is 6.07 Å². The van der Waals surface area contributed by atoms with E-state index in [1.165, 1.54) is 0 Å². The van der Waals surface area contributed by atoms with E-state index in [1.807, 2.05) is 13.0 Å². The Morgan fingerprint density at radius 3 is 2.67 bits per heavy atom. The zero-order chi connectivity index (χ0) is 13.3. The van der Waals surface area contributed by atoms with Crippen molar-refractivity contribution in [1.82, 2.24) is 14.9 Å². The Hall–Kier alpha value is -1.36. The molecular formula is C13H23N5. The van der Waals surface area contributed by atoms with E-state index in [0.717, 1.165) is 31.2 Å². The third-order valence-electron chi connectivity index (χ3n) is 3.65. The maximum Gasteiger partial charge on any atom is 0.134 e. The molecule has 1 aromatic rings.